The van der Waals surface area contributed by atoms with Crippen molar-refractivity contribution >= 4 is 28.9 Å². The first-order chi connectivity index (χ1) is 11.8. The average molecular weight is 339 g/mol. The molecule has 24 heavy (non-hydrogen) atoms. The van der Waals surface area contributed by atoms with Crippen LogP contribution in [-0.4, -0.2) is 43.5 Å². The molecule has 1 saturated heterocycles. The normalized spacial score (nSPS) is 16.8. The lowest BCUT2D eigenvalue weighted by Crippen LogP contribution is -2.37. The minimum absolute atomic E-state index is 0.144. The Morgan fingerprint density at radius 1 is 1.21 bits per heavy atom. The number of benzene rings is 2. The summed E-state index contributed by atoms with van der Waals surface area (Å²) in [7, 11) is 0. The van der Waals surface area contributed by atoms with Crippen molar-refractivity contribution in [2.24, 2.45) is 0 Å². The molecule has 123 valence electrons. The molecule has 0 amide bonds. The molecule has 5 heteroatoms. The molecule has 2 aromatic rings. The molecule has 0 aliphatic carbocycles. The van der Waals surface area contributed by atoms with Gasteiger partial charge in [0.25, 0.3) is 0 Å². The summed E-state index contributed by atoms with van der Waals surface area (Å²) in [6.45, 7) is 4.12. The van der Waals surface area contributed by atoms with Gasteiger partial charge in [0.05, 0.1) is 30.2 Å². The van der Waals surface area contributed by atoms with Crippen molar-refractivity contribution in [1.29, 1.82) is 0 Å². The van der Waals surface area contributed by atoms with Gasteiger partial charge in [-0.05, 0) is 24.3 Å². The molecule has 0 unspecified atom stereocenters. The highest BCUT2D eigenvalue weighted by Crippen LogP contribution is 2.45. The summed E-state index contributed by atoms with van der Waals surface area (Å²) in [4.78, 5) is 17.3. The van der Waals surface area contributed by atoms with E-state index < -0.39 is 0 Å². The first-order valence-electron chi connectivity index (χ1n) is 8.23. The number of carbonyl (C=O) groups is 1. The van der Waals surface area contributed by atoms with Gasteiger partial charge in [0.15, 0.2) is 5.78 Å². The molecule has 4 nitrogen and oxygen atoms in total. The van der Waals surface area contributed by atoms with Gasteiger partial charge in [-0.2, -0.15) is 0 Å². The molecule has 1 fully saturated rings. The highest BCUT2D eigenvalue weighted by molar-refractivity contribution is 7.99. The van der Waals surface area contributed by atoms with Crippen LogP contribution in [0.25, 0.3) is 0 Å². The lowest BCUT2D eigenvalue weighted by molar-refractivity contribution is 0.0370. The number of para-hydroxylation sites is 1. The molecular formula is C19H19N2O2S. The highest BCUT2D eigenvalue weighted by atomic mass is 32.2. The van der Waals surface area contributed by atoms with Crippen LogP contribution < -0.4 is 5.32 Å². The molecule has 2 aliphatic rings. The zero-order valence-electron chi connectivity index (χ0n) is 13.4. The van der Waals surface area contributed by atoms with E-state index in [0.29, 0.717) is 12.0 Å². The molecule has 0 saturated carbocycles. The van der Waals surface area contributed by atoms with Crippen molar-refractivity contribution in [3.63, 3.8) is 0 Å². The van der Waals surface area contributed by atoms with Gasteiger partial charge in [-0.1, -0.05) is 30.0 Å². The van der Waals surface area contributed by atoms with Crippen molar-refractivity contribution in [3.05, 3.63) is 48.0 Å². The Labute approximate surface area is 146 Å². The van der Waals surface area contributed by atoms with Crippen LogP contribution >= 0.6 is 11.8 Å². The zero-order valence-corrected chi connectivity index (χ0v) is 14.2. The third kappa shape index (κ3) is 3.20. The Bertz CT molecular complexity index is 757. The molecule has 2 heterocycles. The van der Waals surface area contributed by atoms with Crippen LogP contribution in [0.2, 0.25) is 0 Å². The van der Waals surface area contributed by atoms with E-state index in [-0.39, 0.29) is 5.78 Å². The van der Waals surface area contributed by atoms with Crippen LogP contribution in [0.4, 0.5) is 11.4 Å². The smallest absolute Gasteiger partial charge is 0.166 e. The van der Waals surface area contributed by atoms with Gasteiger partial charge < -0.3 is 10.1 Å². The van der Waals surface area contributed by atoms with E-state index in [1.54, 1.807) is 11.8 Å². The fourth-order valence-electron chi connectivity index (χ4n) is 3.03. The van der Waals surface area contributed by atoms with Crippen LogP contribution in [-0.2, 0) is 4.74 Å². The molecule has 0 atom stereocenters. The Kier molecular flexibility index (Phi) is 4.56. The van der Waals surface area contributed by atoms with Crippen molar-refractivity contribution in [1.82, 2.24) is 4.90 Å². The van der Waals surface area contributed by atoms with Gasteiger partial charge in [0.2, 0.25) is 0 Å². The zero-order chi connectivity index (χ0) is 16.4. The van der Waals surface area contributed by atoms with Gasteiger partial charge in [0.1, 0.15) is 0 Å². The monoisotopic (exact) mass is 339 g/mol. The second kappa shape index (κ2) is 6.97. The molecular weight excluding hydrogens is 320 g/mol. The maximum Gasteiger partial charge on any atom is 0.166 e. The number of nitrogens with one attached hydrogen (secondary N) is 1. The first-order valence-corrected chi connectivity index (χ1v) is 9.05. The summed E-state index contributed by atoms with van der Waals surface area (Å²) >= 11 is 1.70. The maximum atomic E-state index is 12.7. The number of morpholine rings is 1. The predicted molar refractivity (Wildman–Crippen MR) is 95.3 cm³/mol. The summed E-state index contributed by atoms with van der Waals surface area (Å²) in [5.74, 6) is 0.144. The largest absolute Gasteiger partial charge is 0.379 e. The standard InChI is InChI=1S/C19H19N2O2S/c22-16(8-9-21-10-12-23-13-11-21)14-4-3-7-18-19(14)20-15-5-1-2-6-17(15)24-18/h1-3,5-7,20H,8-13H2. The number of nitrogens with zero attached hydrogens (tertiary/aromatic N) is 1. The van der Waals surface area contributed by atoms with Crippen molar-refractivity contribution < 1.29 is 9.53 Å². The van der Waals surface area contributed by atoms with E-state index in [9.17, 15) is 4.79 Å². The lowest BCUT2D eigenvalue weighted by atomic mass is 10.0. The lowest BCUT2D eigenvalue weighted by Gasteiger charge is -2.26. The molecule has 0 bridgehead atoms. The third-order valence-corrected chi connectivity index (χ3v) is 5.50. The molecule has 2 aromatic carbocycles. The summed E-state index contributed by atoms with van der Waals surface area (Å²) in [6.07, 6.45) is 0.515. The van der Waals surface area contributed by atoms with E-state index in [1.807, 2.05) is 30.3 Å². The maximum absolute atomic E-state index is 12.7. The first kappa shape index (κ1) is 15.7. The summed E-state index contributed by atoms with van der Waals surface area (Å²) in [5, 5.41) is 3.42. The minimum atomic E-state index is 0.144. The number of fused-ring (bicyclic) bond motifs is 2. The molecule has 2 aliphatic heterocycles. The fourth-order valence-corrected chi connectivity index (χ4v) is 4.03. The average Bonchev–Trinajstić information content (AvgIpc) is 2.64. The minimum Gasteiger partial charge on any atom is -0.379 e. The van der Waals surface area contributed by atoms with E-state index in [0.717, 1.165) is 49.1 Å². The number of anilines is 2. The van der Waals surface area contributed by atoms with Gasteiger partial charge in [-0.3, -0.25) is 9.69 Å². The van der Waals surface area contributed by atoms with E-state index in [1.165, 1.54) is 4.90 Å². The second-order valence-electron chi connectivity index (χ2n) is 5.94. The van der Waals surface area contributed by atoms with E-state index >= 15 is 0 Å². The number of ether oxygens (including phenoxy) is 1. The van der Waals surface area contributed by atoms with Gasteiger partial charge in [0, 0.05) is 35.8 Å². The Balaban J connectivity index is 1.51. The fraction of sp³-hybridized carbons (Fsp3) is 0.316. The predicted octanol–water partition coefficient (Wildman–Crippen LogP) is 3.60. The SMILES string of the molecule is O=C(CCN1CCOCC1)c1[c]ccc2c1Nc1ccccc1S2. The summed E-state index contributed by atoms with van der Waals surface area (Å²) in [5.41, 5.74) is 2.62. The van der Waals surface area contributed by atoms with E-state index in [2.05, 4.69) is 22.3 Å². The van der Waals surface area contributed by atoms with Gasteiger partial charge in [-0.25, -0.2) is 0 Å². The number of hydrogen-bond donors (Lipinski definition) is 1. The van der Waals surface area contributed by atoms with Gasteiger partial charge >= 0.3 is 0 Å². The molecule has 4 rings (SSSR count). The van der Waals surface area contributed by atoms with Crippen LogP contribution in [0.3, 0.4) is 0 Å². The number of hydrogen-bond acceptors (Lipinski definition) is 5. The van der Waals surface area contributed by atoms with Crippen molar-refractivity contribution in [2.45, 2.75) is 16.2 Å². The van der Waals surface area contributed by atoms with E-state index in [4.69, 9.17) is 4.74 Å². The van der Waals surface area contributed by atoms with Gasteiger partial charge in [-0.15, -0.1) is 0 Å². The number of carbonyl (C=O) groups excluding carboxylic acids is 1. The Morgan fingerprint density at radius 3 is 2.92 bits per heavy atom. The molecule has 0 aromatic heterocycles. The quantitative estimate of drug-likeness (QED) is 0.736. The van der Waals surface area contributed by atoms with Crippen LogP contribution in [0, 0.1) is 6.07 Å². The Hall–Kier alpha value is -1.82. The van der Waals surface area contributed by atoms with Crippen LogP contribution in [0.1, 0.15) is 16.8 Å². The number of Topliss-reactive ketones (excluding diaryl/α,β-unsaturated/α-hetero) is 1. The van der Waals surface area contributed by atoms with Crippen LogP contribution in [0.5, 0.6) is 0 Å². The second-order valence-corrected chi connectivity index (χ2v) is 7.03. The van der Waals surface area contributed by atoms with Crippen LogP contribution in [0.15, 0.2) is 46.2 Å². The summed E-state index contributed by atoms with van der Waals surface area (Å²) < 4.78 is 5.35. The number of ketones is 1. The molecule has 1 radical (unpaired) electrons. The summed E-state index contributed by atoms with van der Waals surface area (Å²) in [6, 6.07) is 15.2. The third-order valence-electron chi connectivity index (χ3n) is 4.36. The number of rotatable bonds is 4. The van der Waals surface area contributed by atoms with Crippen molar-refractivity contribution in [2.75, 3.05) is 38.2 Å². The Morgan fingerprint density at radius 2 is 2.04 bits per heavy atom. The molecule has 1 N–H and O–H groups in total. The van der Waals surface area contributed by atoms with Crippen molar-refractivity contribution in [3.8, 4) is 0 Å². The topological polar surface area (TPSA) is 41.6 Å². The highest BCUT2D eigenvalue weighted by Gasteiger charge is 2.22. The molecule has 0 spiro atoms.